The first-order valence-corrected chi connectivity index (χ1v) is 11.4. The zero-order valence-corrected chi connectivity index (χ0v) is 18.5. The van der Waals surface area contributed by atoms with Crippen LogP contribution in [0.15, 0.2) is 53.4 Å². The molecule has 0 aliphatic carbocycles. The number of benzene rings is 2. The second-order valence-corrected chi connectivity index (χ2v) is 9.21. The quantitative estimate of drug-likeness (QED) is 0.211. The Morgan fingerprint density at radius 3 is 2.09 bits per heavy atom. The van der Waals surface area contributed by atoms with E-state index in [4.69, 9.17) is 4.74 Å². The van der Waals surface area contributed by atoms with E-state index in [1.165, 1.54) is 36.4 Å². The summed E-state index contributed by atoms with van der Waals surface area (Å²) in [6, 6.07) is 7.25. The summed E-state index contributed by atoms with van der Waals surface area (Å²) in [6.07, 6.45) is -4.88. The molecule has 2 aromatic carbocycles. The number of alkyl halides is 3. The number of hydrogen-bond donors (Lipinski definition) is 2. The van der Waals surface area contributed by atoms with Gasteiger partial charge in [-0.05, 0) is 48.5 Å². The molecule has 0 bridgehead atoms. The van der Waals surface area contributed by atoms with Crippen LogP contribution in [-0.4, -0.2) is 73.2 Å². The molecule has 188 valence electrons. The maximum atomic E-state index is 12.8. The van der Waals surface area contributed by atoms with Crippen molar-refractivity contribution < 1.29 is 50.7 Å². The average molecular weight is 517 g/mol. The Hall–Kier alpha value is -3.85. The summed E-state index contributed by atoms with van der Waals surface area (Å²) < 4.78 is 71.6. The summed E-state index contributed by atoms with van der Waals surface area (Å²) in [6.45, 7) is -0.835. The number of sulfone groups is 1. The van der Waals surface area contributed by atoms with Crippen LogP contribution < -0.4 is 14.8 Å². The number of carbonyl (C=O) groups excluding carboxylic acids is 3. The van der Waals surface area contributed by atoms with Crippen LogP contribution in [0.25, 0.3) is 0 Å². The van der Waals surface area contributed by atoms with Crippen LogP contribution in [-0.2, 0) is 19.4 Å². The summed E-state index contributed by atoms with van der Waals surface area (Å²) in [4.78, 5) is 35.0. The largest absolute Gasteiger partial charge is 0.573 e. The number of halogens is 3. The number of urea groups is 1. The molecule has 4 amide bonds. The minimum absolute atomic E-state index is 0.0411. The molecule has 3 rings (SSSR count). The van der Waals surface area contributed by atoms with Crippen molar-refractivity contribution in [1.29, 1.82) is 0 Å². The molecule has 1 unspecified atom stereocenters. The SMILES string of the molecule is O=CN(O)C(CN1C(=O)CNC1=O)CS(=O)(=O)c1ccc(Oc2ccc(OC(F)(F)F)cc2)cc1. The minimum atomic E-state index is -4.84. The monoisotopic (exact) mass is 517 g/mol. The molecule has 0 spiro atoms. The van der Waals surface area contributed by atoms with Crippen LogP contribution >= 0.6 is 0 Å². The van der Waals surface area contributed by atoms with Gasteiger partial charge < -0.3 is 14.8 Å². The van der Waals surface area contributed by atoms with Crippen LogP contribution in [0.3, 0.4) is 0 Å². The molecule has 2 N–H and O–H groups in total. The molecule has 0 saturated carbocycles. The van der Waals surface area contributed by atoms with Gasteiger partial charge >= 0.3 is 12.4 Å². The van der Waals surface area contributed by atoms with Crippen LogP contribution in [0.1, 0.15) is 0 Å². The lowest BCUT2D eigenvalue weighted by atomic mass is 10.3. The number of hydrogen-bond acceptors (Lipinski definition) is 8. The lowest BCUT2D eigenvalue weighted by Gasteiger charge is -2.25. The van der Waals surface area contributed by atoms with Crippen LogP contribution in [0.2, 0.25) is 0 Å². The highest BCUT2D eigenvalue weighted by molar-refractivity contribution is 7.91. The number of ether oxygens (including phenoxy) is 2. The summed E-state index contributed by atoms with van der Waals surface area (Å²) in [5.74, 6) is -1.56. The fourth-order valence-corrected chi connectivity index (χ4v) is 4.57. The Labute approximate surface area is 196 Å². The predicted molar refractivity (Wildman–Crippen MR) is 110 cm³/mol. The van der Waals surface area contributed by atoms with E-state index in [1.54, 1.807) is 0 Å². The van der Waals surface area contributed by atoms with Gasteiger partial charge in [-0.2, -0.15) is 0 Å². The van der Waals surface area contributed by atoms with Crippen LogP contribution in [0, 0.1) is 0 Å². The van der Waals surface area contributed by atoms with Crippen molar-refractivity contribution in [3.63, 3.8) is 0 Å². The molecule has 15 heteroatoms. The number of nitrogens with zero attached hydrogens (tertiary/aromatic N) is 2. The van der Waals surface area contributed by atoms with Crippen molar-refractivity contribution in [3.05, 3.63) is 48.5 Å². The number of nitrogens with one attached hydrogen (secondary N) is 1. The Balaban J connectivity index is 1.69. The van der Waals surface area contributed by atoms with Gasteiger partial charge in [0.2, 0.25) is 12.3 Å². The Bertz CT molecular complexity index is 1170. The number of rotatable bonds is 10. The van der Waals surface area contributed by atoms with E-state index >= 15 is 0 Å². The first kappa shape index (κ1) is 25.8. The third kappa shape index (κ3) is 6.83. The van der Waals surface area contributed by atoms with Crippen molar-refractivity contribution >= 4 is 28.2 Å². The number of amides is 4. The highest BCUT2D eigenvalue weighted by Crippen LogP contribution is 2.28. The van der Waals surface area contributed by atoms with E-state index in [0.29, 0.717) is 4.90 Å². The van der Waals surface area contributed by atoms with Gasteiger partial charge in [-0.15, -0.1) is 13.2 Å². The van der Waals surface area contributed by atoms with Gasteiger partial charge in [0.1, 0.15) is 17.2 Å². The van der Waals surface area contributed by atoms with Gasteiger partial charge in [-0.25, -0.2) is 18.3 Å². The standard InChI is InChI=1S/C20H18F3N3O8S/c21-20(22,23)34-16-3-1-14(2-4-16)33-15-5-7-17(8-6-15)35(31,32)11-13(26(30)12-27)10-25-18(28)9-24-19(25)29/h1-8,12-13,30H,9-11H2,(H,24,29). The third-order valence-electron chi connectivity index (χ3n) is 4.70. The van der Waals surface area contributed by atoms with E-state index in [0.717, 1.165) is 12.1 Å². The summed E-state index contributed by atoms with van der Waals surface area (Å²) in [7, 11) is -4.11. The number of hydroxylamine groups is 2. The van der Waals surface area contributed by atoms with Gasteiger partial charge in [-0.1, -0.05) is 0 Å². The molecule has 1 heterocycles. The normalized spacial score (nSPS) is 14.9. The van der Waals surface area contributed by atoms with Gasteiger partial charge in [-0.3, -0.25) is 19.7 Å². The molecule has 0 radical (unpaired) electrons. The van der Waals surface area contributed by atoms with Gasteiger partial charge in [0.25, 0.3) is 0 Å². The van der Waals surface area contributed by atoms with Crippen LogP contribution in [0.4, 0.5) is 18.0 Å². The maximum absolute atomic E-state index is 12.8. The zero-order valence-electron chi connectivity index (χ0n) is 17.6. The molecule has 1 aliphatic rings. The van der Waals surface area contributed by atoms with Crippen molar-refractivity contribution in [3.8, 4) is 17.2 Å². The van der Waals surface area contributed by atoms with Gasteiger partial charge in [0.15, 0.2) is 9.84 Å². The molecule has 2 aromatic rings. The molecule has 1 aliphatic heterocycles. The first-order chi connectivity index (χ1) is 16.4. The highest BCUT2D eigenvalue weighted by Gasteiger charge is 2.35. The molecule has 1 fully saturated rings. The topological polar surface area (TPSA) is 143 Å². The van der Waals surface area contributed by atoms with E-state index in [2.05, 4.69) is 10.1 Å². The molecular weight excluding hydrogens is 499 g/mol. The smallest absolute Gasteiger partial charge is 0.457 e. The zero-order chi connectivity index (χ0) is 25.8. The fraction of sp³-hybridized carbons (Fsp3) is 0.250. The van der Waals surface area contributed by atoms with Gasteiger partial charge in [0.05, 0.1) is 29.8 Å². The second kappa shape index (κ2) is 10.2. The van der Waals surface area contributed by atoms with Gasteiger partial charge in [0, 0.05) is 0 Å². The summed E-state index contributed by atoms with van der Waals surface area (Å²) in [5, 5.41) is 12.1. The second-order valence-electron chi connectivity index (χ2n) is 7.18. The molecular formula is C20H18F3N3O8S. The van der Waals surface area contributed by atoms with Crippen molar-refractivity contribution in [2.45, 2.75) is 17.3 Å². The Morgan fingerprint density at radius 1 is 1.06 bits per heavy atom. The first-order valence-electron chi connectivity index (χ1n) is 9.75. The van der Waals surface area contributed by atoms with Crippen molar-refractivity contribution in [1.82, 2.24) is 15.3 Å². The lowest BCUT2D eigenvalue weighted by Crippen LogP contribution is -2.47. The molecule has 11 nitrogen and oxygen atoms in total. The fourth-order valence-electron chi connectivity index (χ4n) is 3.06. The van der Waals surface area contributed by atoms with Crippen molar-refractivity contribution in [2.75, 3.05) is 18.8 Å². The van der Waals surface area contributed by atoms with Crippen LogP contribution in [0.5, 0.6) is 17.2 Å². The Kier molecular flexibility index (Phi) is 7.50. The highest BCUT2D eigenvalue weighted by atomic mass is 32.2. The summed E-state index contributed by atoms with van der Waals surface area (Å²) in [5.41, 5.74) is 0. The average Bonchev–Trinajstić information content (AvgIpc) is 3.10. The van der Waals surface area contributed by atoms with Crippen molar-refractivity contribution in [2.24, 2.45) is 0 Å². The number of imide groups is 1. The molecule has 1 saturated heterocycles. The van der Waals surface area contributed by atoms with E-state index in [1.807, 2.05) is 0 Å². The van der Waals surface area contributed by atoms with E-state index < -0.39 is 52.2 Å². The van der Waals surface area contributed by atoms with E-state index in [9.17, 15) is 41.2 Å². The molecule has 35 heavy (non-hydrogen) atoms. The maximum Gasteiger partial charge on any atom is 0.573 e. The molecule has 1 atom stereocenters. The number of carbonyl (C=O) groups is 3. The summed E-state index contributed by atoms with van der Waals surface area (Å²) >= 11 is 0. The predicted octanol–water partition coefficient (Wildman–Crippen LogP) is 1.92. The minimum Gasteiger partial charge on any atom is -0.457 e. The third-order valence-corrected chi connectivity index (χ3v) is 6.51. The Morgan fingerprint density at radius 2 is 1.60 bits per heavy atom. The lowest BCUT2D eigenvalue weighted by molar-refractivity contribution is -0.274. The van der Waals surface area contributed by atoms with E-state index in [-0.39, 0.29) is 34.4 Å². The molecule has 0 aromatic heterocycles.